The van der Waals surface area contributed by atoms with Gasteiger partial charge in [0.25, 0.3) is 0 Å². The highest BCUT2D eigenvalue weighted by Gasteiger charge is 2.16. The van der Waals surface area contributed by atoms with Crippen molar-refractivity contribution in [2.75, 3.05) is 0 Å². The van der Waals surface area contributed by atoms with E-state index in [1.165, 1.54) is 26.5 Å². The number of hydrogen-bond donors (Lipinski definition) is 0. The Labute approximate surface area is 156 Å². The molecule has 0 unspecified atom stereocenters. The molecule has 0 fully saturated rings. The van der Waals surface area contributed by atoms with Crippen molar-refractivity contribution in [3.8, 4) is 0 Å². The number of aromatic nitrogens is 3. The van der Waals surface area contributed by atoms with Crippen molar-refractivity contribution >= 4 is 0 Å². The highest BCUT2D eigenvalue weighted by atomic mass is 16.2. The van der Waals surface area contributed by atoms with Crippen molar-refractivity contribution < 1.29 is 0 Å². The van der Waals surface area contributed by atoms with Crippen LogP contribution < -0.4 is 17.1 Å². The third-order valence-electron chi connectivity index (χ3n) is 4.39. The minimum absolute atomic E-state index is 0.162. The molecule has 1 heterocycles. The molecule has 0 bridgehead atoms. The maximum atomic E-state index is 12.7. The minimum atomic E-state index is -0.476. The van der Waals surface area contributed by atoms with E-state index in [1.807, 2.05) is 27.7 Å². The van der Waals surface area contributed by atoms with Crippen LogP contribution in [0, 0.1) is 17.8 Å². The smallest absolute Gasteiger partial charge is 0.247 e. The SMILES string of the molecule is CC(C)CCCCCCn1c(=O)n(CC(C)C)c(=O)n(CC(C)C)c1=O. The van der Waals surface area contributed by atoms with E-state index in [9.17, 15) is 14.4 Å². The average Bonchev–Trinajstić information content (AvgIpc) is 2.53. The first-order valence-electron chi connectivity index (χ1n) is 10.1. The van der Waals surface area contributed by atoms with Crippen LogP contribution in [0.2, 0.25) is 0 Å². The van der Waals surface area contributed by atoms with E-state index in [1.54, 1.807) is 0 Å². The molecule has 0 atom stereocenters. The van der Waals surface area contributed by atoms with Crippen LogP contribution in [0.3, 0.4) is 0 Å². The van der Waals surface area contributed by atoms with Crippen LogP contribution in [0.1, 0.15) is 73.6 Å². The summed E-state index contributed by atoms with van der Waals surface area (Å²) in [6.45, 7) is 13.3. The summed E-state index contributed by atoms with van der Waals surface area (Å²) >= 11 is 0. The van der Waals surface area contributed by atoms with Crippen LogP contribution in [0.4, 0.5) is 0 Å². The molecule has 1 aromatic rings. The fourth-order valence-electron chi connectivity index (χ4n) is 3.09. The van der Waals surface area contributed by atoms with E-state index in [2.05, 4.69) is 13.8 Å². The van der Waals surface area contributed by atoms with Gasteiger partial charge in [0.05, 0.1) is 0 Å². The van der Waals surface area contributed by atoms with Crippen LogP contribution in [-0.2, 0) is 19.6 Å². The van der Waals surface area contributed by atoms with E-state index in [4.69, 9.17) is 0 Å². The van der Waals surface area contributed by atoms with Gasteiger partial charge in [-0.3, -0.25) is 0 Å². The summed E-state index contributed by atoms with van der Waals surface area (Å²) in [6, 6.07) is 0. The predicted octanol–water partition coefficient (Wildman–Crippen LogP) is 3.09. The maximum absolute atomic E-state index is 12.7. The molecule has 1 aromatic heterocycles. The summed E-state index contributed by atoms with van der Waals surface area (Å²) in [7, 11) is 0. The van der Waals surface area contributed by atoms with Crippen molar-refractivity contribution in [1.82, 2.24) is 13.7 Å². The Hall–Kier alpha value is -1.59. The van der Waals surface area contributed by atoms with Crippen molar-refractivity contribution in [1.29, 1.82) is 0 Å². The molecule has 26 heavy (non-hydrogen) atoms. The Kier molecular flexibility index (Phi) is 9.09. The van der Waals surface area contributed by atoms with Gasteiger partial charge in [-0.05, 0) is 24.2 Å². The zero-order valence-electron chi connectivity index (χ0n) is 17.5. The van der Waals surface area contributed by atoms with E-state index in [-0.39, 0.29) is 11.8 Å². The molecule has 0 N–H and O–H groups in total. The number of rotatable bonds is 11. The van der Waals surface area contributed by atoms with Gasteiger partial charge in [0.15, 0.2) is 0 Å². The number of nitrogens with zero attached hydrogens (tertiary/aromatic N) is 3. The molecular weight excluding hydrogens is 330 g/mol. The molecule has 0 amide bonds. The van der Waals surface area contributed by atoms with Gasteiger partial charge in [-0.1, -0.05) is 67.2 Å². The summed E-state index contributed by atoms with van der Waals surface area (Å²) in [4.78, 5) is 38.0. The largest absolute Gasteiger partial charge is 0.336 e. The Morgan fingerprint density at radius 2 is 1.00 bits per heavy atom. The molecule has 0 aliphatic carbocycles. The standard InChI is InChI=1S/C20H37N3O3/c1-15(2)11-9-7-8-10-12-21-18(24)22(13-16(3)4)20(26)23(19(21)25)14-17(5)6/h15-17H,7-14H2,1-6H3. The molecule has 6 heteroatoms. The van der Waals surface area contributed by atoms with Crippen molar-refractivity contribution in [2.45, 2.75) is 93.3 Å². The summed E-state index contributed by atoms with van der Waals surface area (Å²) in [5.74, 6) is 1.03. The topological polar surface area (TPSA) is 66.0 Å². The van der Waals surface area contributed by atoms with Gasteiger partial charge in [0.2, 0.25) is 0 Å². The lowest BCUT2D eigenvalue weighted by Crippen LogP contribution is -2.55. The molecule has 0 aromatic carbocycles. The van der Waals surface area contributed by atoms with Crippen LogP contribution in [0.25, 0.3) is 0 Å². The van der Waals surface area contributed by atoms with E-state index >= 15 is 0 Å². The highest BCUT2D eigenvalue weighted by molar-refractivity contribution is 4.80. The van der Waals surface area contributed by atoms with Crippen molar-refractivity contribution in [3.63, 3.8) is 0 Å². The van der Waals surface area contributed by atoms with Gasteiger partial charge >= 0.3 is 17.1 Å². The van der Waals surface area contributed by atoms with E-state index < -0.39 is 17.1 Å². The zero-order chi connectivity index (χ0) is 19.9. The summed E-state index contributed by atoms with van der Waals surface area (Å²) < 4.78 is 3.72. The Morgan fingerprint density at radius 1 is 0.577 bits per heavy atom. The first kappa shape index (κ1) is 22.5. The number of unbranched alkanes of at least 4 members (excludes halogenated alkanes) is 3. The lowest BCUT2D eigenvalue weighted by atomic mass is 10.0. The lowest BCUT2D eigenvalue weighted by Gasteiger charge is -2.16. The Balaban J connectivity index is 3.04. The van der Waals surface area contributed by atoms with Crippen LogP contribution in [0.15, 0.2) is 14.4 Å². The second-order valence-corrected chi connectivity index (χ2v) is 8.61. The first-order valence-corrected chi connectivity index (χ1v) is 10.1. The molecule has 150 valence electrons. The van der Waals surface area contributed by atoms with Gasteiger partial charge < -0.3 is 0 Å². The Morgan fingerprint density at radius 3 is 1.42 bits per heavy atom. The Bertz CT molecular complexity index is 675. The molecule has 6 nitrogen and oxygen atoms in total. The summed E-state index contributed by atoms with van der Waals surface area (Å²) in [6.07, 6.45) is 5.27. The fraction of sp³-hybridized carbons (Fsp3) is 0.850. The van der Waals surface area contributed by atoms with Gasteiger partial charge in [0.1, 0.15) is 0 Å². The third-order valence-corrected chi connectivity index (χ3v) is 4.39. The third kappa shape index (κ3) is 6.61. The monoisotopic (exact) mass is 367 g/mol. The summed E-state index contributed by atoms with van der Waals surface area (Å²) in [5, 5.41) is 0. The molecule has 0 aliphatic rings. The summed E-state index contributed by atoms with van der Waals surface area (Å²) in [5.41, 5.74) is -1.40. The van der Waals surface area contributed by atoms with E-state index in [0.29, 0.717) is 25.6 Å². The van der Waals surface area contributed by atoms with Crippen LogP contribution in [-0.4, -0.2) is 13.7 Å². The second-order valence-electron chi connectivity index (χ2n) is 8.61. The molecular formula is C20H37N3O3. The van der Waals surface area contributed by atoms with Crippen molar-refractivity contribution in [2.24, 2.45) is 17.8 Å². The zero-order valence-corrected chi connectivity index (χ0v) is 17.5. The maximum Gasteiger partial charge on any atom is 0.336 e. The predicted molar refractivity (Wildman–Crippen MR) is 107 cm³/mol. The second kappa shape index (κ2) is 10.5. The van der Waals surface area contributed by atoms with Crippen LogP contribution in [0.5, 0.6) is 0 Å². The van der Waals surface area contributed by atoms with E-state index in [0.717, 1.165) is 19.3 Å². The van der Waals surface area contributed by atoms with Crippen LogP contribution >= 0.6 is 0 Å². The number of hydrogen-bond acceptors (Lipinski definition) is 3. The van der Waals surface area contributed by atoms with Gasteiger partial charge in [-0.25, -0.2) is 28.1 Å². The molecule has 0 aliphatic heterocycles. The van der Waals surface area contributed by atoms with Gasteiger partial charge in [0, 0.05) is 19.6 Å². The average molecular weight is 368 g/mol. The van der Waals surface area contributed by atoms with Crippen molar-refractivity contribution in [3.05, 3.63) is 31.5 Å². The molecule has 0 saturated heterocycles. The quantitative estimate of drug-likeness (QED) is 0.565. The normalized spacial score (nSPS) is 11.9. The lowest BCUT2D eigenvalue weighted by molar-refractivity contribution is 0.378. The molecule has 1 rings (SSSR count). The fourth-order valence-corrected chi connectivity index (χ4v) is 3.09. The highest BCUT2D eigenvalue weighted by Crippen LogP contribution is 2.09. The van der Waals surface area contributed by atoms with Gasteiger partial charge in [-0.2, -0.15) is 0 Å². The van der Waals surface area contributed by atoms with Gasteiger partial charge in [-0.15, -0.1) is 0 Å². The molecule has 0 saturated carbocycles. The molecule has 0 radical (unpaired) electrons. The molecule has 0 spiro atoms. The first-order chi connectivity index (χ1) is 12.1. The minimum Gasteiger partial charge on any atom is -0.247 e.